The maximum absolute atomic E-state index is 6.87. The van der Waals surface area contributed by atoms with Gasteiger partial charge in [0.15, 0.2) is 0 Å². The van der Waals surface area contributed by atoms with Crippen LogP contribution in [0.25, 0.3) is 33.3 Å². The number of ether oxygens (including phenoxy) is 1. The van der Waals surface area contributed by atoms with Gasteiger partial charge in [-0.25, -0.2) is 9.67 Å². The fraction of sp³-hybridized carbons (Fsp3) is 0.391. The molecular weight excluding hydrogens is 625 g/mol. The summed E-state index contributed by atoms with van der Waals surface area (Å²) in [4.78, 5) is 4.82. The number of rotatable bonds is 7. The summed E-state index contributed by atoms with van der Waals surface area (Å²) in [6.45, 7) is 23.0. The molecule has 6 aromatic rings. The molecule has 5 nitrogen and oxygen atoms in total. The molecule has 0 radical (unpaired) electrons. The average Bonchev–Trinajstić information content (AvgIpc) is 3.64. The van der Waals surface area contributed by atoms with Crippen LogP contribution in [-0.2, 0) is 23.7 Å². The Morgan fingerprint density at radius 1 is 0.804 bits per heavy atom. The van der Waals surface area contributed by atoms with Gasteiger partial charge in [0, 0.05) is 46.0 Å². The van der Waals surface area contributed by atoms with Crippen molar-refractivity contribution in [3.05, 3.63) is 119 Å². The smallest absolute Gasteiger partial charge is 0.137 e. The highest BCUT2D eigenvalue weighted by Gasteiger charge is 2.36. The molecule has 0 saturated carbocycles. The summed E-state index contributed by atoms with van der Waals surface area (Å²) in [5.74, 6) is 3.47. The molecule has 5 heteroatoms. The first-order valence-corrected chi connectivity index (χ1v) is 18.9. The Bertz CT molecular complexity index is 2270. The largest absolute Gasteiger partial charge is 0.457 e. The highest BCUT2D eigenvalue weighted by atomic mass is 16.5. The zero-order valence-electron chi connectivity index (χ0n) is 32.3. The van der Waals surface area contributed by atoms with E-state index in [1.807, 2.05) is 6.20 Å². The third kappa shape index (κ3) is 6.41. The van der Waals surface area contributed by atoms with E-state index in [0.717, 1.165) is 53.3 Å². The minimum atomic E-state index is -0.118. The molecule has 0 aliphatic heterocycles. The first-order chi connectivity index (χ1) is 24.3. The van der Waals surface area contributed by atoms with E-state index in [1.165, 1.54) is 50.8 Å². The van der Waals surface area contributed by atoms with Gasteiger partial charge in [0.2, 0.25) is 0 Å². The number of hydrogen-bond acceptors (Lipinski definition) is 3. The monoisotopic (exact) mass is 678 g/mol. The van der Waals surface area contributed by atoms with Gasteiger partial charge < -0.3 is 4.74 Å². The van der Waals surface area contributed by atoms with E-state index in [1.54, 1.807) is 0 Å². The van der Waals surface area contributed by atoms with Crippen LogP contribution in [0.15, 0.2) is 90.6 Å². The van der Waals surface area contributed by atoms with Gasteiger partial charge in [-0.15, -0.1) is 0 Å². The fourth-order valence-corrected chi connectivity index (χ4v) is 8.20. The van der Waals surface area contributed by atoms with Crippen LogP contribution in [0.4, 0.5) is 0 Å². The third-order valence-electron chi connectivity index (χ3n) is 10.8. The number of hydrogen-bond donors (Lipinski definition) is 0. The molecule has 0 bridgehead atoms. The van der Waals surface area contributed by atoms with Gasteiger partial charge in [-0.05, 0) is 97.5 Å². The average molecular weight is 679 g/mol. The van der Waals surface area contributed by atoms with Crippen molar-refractivity contribution in [2.45, 2.75) is 112 Å². The third-order valence-corrected chi connectivity index (χ3v) is 10.8. The maximum Gasteiger partial charge on any atom is 0.137 e. The molecule has 7 rings (SSSR count). The molecular formula is C46H54N4O. The Kier molecular flexibility index (Phi) is 8.98. The first kappa shape index (κ1) is 34.8. The van der Waals surface area contributed by atoms with Crippen molar-refractivity contribution in [3.8, 4) is 23.0 Å². The first-order valence-electron chi connectivity index (χ1n) is 18.9. The summed E-state index contributed by atoms with van der Waals surface area (Å²) in [5, 5.41) is 7.81. The number of para-hydroxylation sites is 1. The Hall–Kier alpha value is -4.64. The van der Waals surface area contributed by atoms with Crippen LogP contribution < -0.4 is 4.74 Å². The summed E-state index contributed by atoms with van der Waals surface area (Å²) in [7, 11) is 0. The molecule has 3 aromatic heterocycles. The highest BCUT2D eigenvalue weighted by molar-refractivity contribution is 6.09. The topological polar surface area (TPSA) is 44.9 Å². The highest BCUT2D eigenvalue weighted by Crippen LogP contribution is 2.45. The summed E-state index contributed by atoms with van der Waals surface area (Å²) < 4.78 is 11.4. The zero-order valence-corrected chi connectivity index (χ0v) is 32.3. The minimum Gasteiger partial charge on any atom is -0.457 e. The number of fused-ring (bicyclic) bond motifs is 3. The molecule has 0 saturated heterocycles. The van der Waals surface area contributed by atoms with Crippen LogP contribution in [0.3, 0.4) is 0 Å². The zero-order chi connectivity index (χ0) is 36.2. The Balaban J connectivity index is 1.39. The van der Waals surface area contributed by atoms with E-state index in [2.05, 4.69) is 157 Å². The van der Waals surface area contributed by atoms with Crippen molar-refractivity contribution >= 4 is 21.8 Å². The van der Waals surface area contributed by atoms with Crippen LogP contribution in [0.2, 0.25) is 0 Å². The van der Waals surface area contributed by atoms with Gasteiger partial charge in [0.05, 0.1) is 28.1 Å². The Morgan fingerprint density at radius 3 is 2.27 bits per heavy atom. The fourth-order valence-electron chi connectivity index (χ4n) is 8.20. The van der Waals surface area contributed by atoms with Gasteiger partial charge in [-0.1, -0.05) is 92.2 Å². The van der Waals surface area contributed by atoms with E-state index in [4.69, 9.17) is 14.8 Å². The molecule has 0 N–H and O–H groups in total. The van der Waals surface area contributed by atoms with E-state index >= 15 is 0 Å². The number of aryl methyl sites for hydroxylation is 2. The summed E-state index contributed by atoms with van der Waals surface area (Å²) in [6, 6.07) is 26.0. The Labute approximate surface area is 304 Å². The minimum absolute atomic E-state index is 0.0941. The van der Waals surface area contributed by atoms with Gasteiger partial charge in [-0.3, -0.25) is 4.57 Å². The van der Waals surface area contributed by atoms with Crippen molar-refractivity contribution < 1.29 is 4.74 Å². The summed E-state index contributed by atoms with van der Waals surface area (Å²) in [5.41, 5.74) is 10.9. The normalized spacial score (nSPS) is 16.9. The molecule has 0 spiro atoms. The number of pyridine rings is 1. The lowest BCUT2D eigenvalue weighted by molar-refractivity contribution is 0.436. The number of benzene rings is 3. The summed E-state index contributed by atoms with van der Waals surface area (Å²) in [6.07, 6.45) is 8.59. The number of aromatic nitrogens is 4. The molecule has 3 aromatic carbocycles. The molecule has 51 heavy (non-hydrogen) atoms. The lowest BCUT2D eigenvalue weighted by Gasteiger charge is -2.33. The van der Waals surface area contributed by atoms with E-state index < -0.39 is 0 Å². The molecule has 2 atom stereocenters. The molecule has 0 amide bonds. The quantitative estimate of drug-likeness (QED) is 0.158. The molecule has 1 aliphatic carbocycles. The van der Waals surface area contributed by atoms with Gasteiger partial charge >= 0.3 is 0 Å². The van der Waals surface area contributed by atoms with Gasteiger partial charge in [0.25, 0.3) is 0 Å². The lowest BCUT2D eigenvalue weighted by atomic mass is 9.72. The Morgan fingerprint density at radius 2 is 1.57 bits per heavy atom. The molecule has 1 aliphatic rings. The van der Waals surface area contributed by atoms with E-state index in [-0.39, 0.29) is 10.8 Å². The molecule has 1 unspecified atom stereocenters. The lowest BCUT2D eigenvalue weighted by Crippen LogP contribution is -2.24. The van der Waals surface area contributed by atoms with Gasteiger partial charge in [-0.2, -0.15) is 5.10 Å². The van der Waals surface area contributed by atoms with Crippen LogP contribution in [-0.4, -0.2) is 19.3 Å². The van der Waals surface area contributed by atoms with Crippen molar-refractivity contribution in [2.75, 3.05) is 0 Å². The second-order valence-electron chi connectivity index (χ2n) is 16.7. The van der Waals surface area contributed by atoms with Crippen LogP contribution >= 0.6 is 0 Å². The standard InChI is InChI=1S/C46H54N4O/c1-11-31-22-23-47-41(24-31)49-39-19-14-13-18-36(39)37-21-20-34(28-40(37)49)51-35-26-32(45(5,6)7)25-33(27-35)50-44(46(8,9)10)43(38(12-2)48-50)42-29(3)16-15-17-30(42)4/h13-14,16,18-28,30,42H,11-12,15,17H2,1-10H3/t30?,42-/m0/s1. The van der Waals surface area contributed by atoms with E-state index in [9.17, 15) is 0 Å². The number of nitrogens with zero attached hydrogens (tertiary/aromatic N) is 4. The maximum atomic E-state index is 6.87. The molecule has 0 fully saturated rings. The SMILES string of the molecule is CCc1ccnc(-n2c3ccccc3c3ccc(Oc4cc(-n5nc(CC)c([C@H]6C(C)=CCCC6C)c5C(C)(C)C)cc(C(C)(C)C)c4)cc32)c1. The summed E-state index contributed by atoms with van der Waals surface area (Å²) >= 11 is 0. The van der Waals surface area contributed by atoms with Crippen LogP contribution in [0.5, 0.6) is 11.5 Å². The molecule has 264 valence electrons. The van der Waals surface area contributed by atoms with Crippen molar-refractivity contribution in [1.29, 1.82) is 0 Å². The predicted molar refractivity (Wildman–Crippen MR) is 213 cm³/mol. The second kappa shape index (κ2) is 13.2. The second-order valence-corrected chi connectivity index (χ2v) is 16.7. The predicted octanol–water partition coefficient (Wildman–Crippen LogP) is 12.3. The van der Waals surface area contributed by atoms with Crippen LogP contribution in [0.1, 0.15) is 116 Å². The van der Waals surface area contributed by atoms with Gasteiger partial charge in [0.1, 0.15) is 17.3 Å². The molecule has 3 heterocycles. The van der Waals surface area contributed by atoms with Crippen molar-refractivity contribution in [3.63, 3.8) is 0 Å². The van der Waals surface area contributed by atoms with Crippen molar-refractivity contribution in [1.82, 2.24) is 19.3 Å². The van der Waals surface area contributed by atoms with E-state index in [0.29, 0.717) is 11.8 Å². The van der Waals surface area contributed by atoms with Crippen LogP contribution in [0, 0.1) is 5.92 Å². The van der Waals surface area contributed by atoms with Crippen molar-refractivity contribution in [2.24, 2.45) is 5.92 Å². The number of allylic oxidation sites excluding steroid dienone is 2.